The van der Waals surface area contributed by atoms with Crippen LogP contribution in [0.15, 0.2) is 18.2 Å². The molecule has 0 radical (unpaired) electrons. The van der Waals surface area contributed by atoms with E-state index in [0.717, 1.165) is 24.2 Å². The van der Waals surface area contributed by atoms with Gasteiger partial charge in [-0.2, -0.15) is 0 Å². The number of carbonyl (C=O) groups excluding carboxylic acids is 1. The molecular weight excluding hydrogens is 270 g/mol. The Morgan fingerprint density at radius 1 is 1.43 bits per heavy atom. The average Bonchev–Trinajstić information content (AvgIpc) is 3.19. The Labute approximate surface area is 121 Å². The molecule has 6 heteroatoms. The summed E-state index contributed by atoms with van der Waals surface area (Å²) in [5.41, 5.74) is 1.61. The maximum absolute atomic E-state index is 12.0. The summed E-state index contributed by atoms with van der Waals surface area (Å²) in [6, 6.07) is 5.11. The summed E-state index contributed by atoms with van der Waals surface area (Å²) in [7, 11) is 0. The monoisotopic (exact) mass is 287 g/mol. The largest absolute Gasteiger partial charge is 0.478 e. The van der Waals surface area contributed by atoms with Crippen LogP contribution in [-0.4, -0.2) is 32.6 Å². The molecule has 0 saturated heterocycles. The number of aryl methyl sites for hydroxylation is 1. The van der Waals surface area contributed by atoms with Gasteiger partial charge >= 0.3 is 5.97 Å². The molecule has 1 heterocycles. The molecule has 0 bridgehead atoms. The Kier molecular flexibility index (Phi) is 3.37. The van der Waals surface area contributed by atoms with Gasteiger partial charge in [0.1, 0.15) is 12.4 Å². The van der Waals surface area contributed by atoms with Crippen LogP contribution in [0.4, 0.5) is 0 Å². The van der Waals surface area contributed by atoms with E-state index in [1.54, 1.807) is 16.7 Å². The minimum atomic E-state index is -0.981. The summed E-state index contributed by atoms with van der Waals surface area (Å²) >= 11 is 0. The molecule has 1 amide bonds. The van der Waals surface area contributed by atoms with Gasteiger partial charge in [0.25, 0.3) is 0 Å². The van der Waals surface area contributed by atoms with Gasteiger partial charge in [-0.3, -0.25) is 4.79 Å². The molecule has 1 saturated carbocycles. The second-order valence-corrected chi connectivity index (χ2v) is 5.32. The summed E-state index contributed by atoms with van der Waals surface area (Å²) in [5, 5.41) is 12.0. The van der Waals surface area contributed by atoms with Crippen LogP contribution in [0.3, 0.4) is 0 Å². The second-order valence-electron chi connectivity index (χ2n) is 5.32. The number of aromatic carboxylic acids is 1. The summed E-state index contributed by atoms with van der Waals surface area (Å²) in [5.74, 6) is -0.240. The Morgan fingerprint density at radius 3 is 2.81 bits per heavy atom. The number of carbonyl (C=O) groups is 2. The van der Waals surface area contributed by atoms with Gasteiger partial charge in [0.05, 0.1) is 16.6 Å². The van der Waals surface area contributed by atoms with E-state index >= 15 is 0 Å². The molecule has 21 heavy (non-hydrogen) atoms. The number of rotatable bonds is 5. The van der Waals surface area contributed by atoms with Crippen molar-refractivity contribution >= 4 is 22.9 Å². The van der Waals surface area contributed by atoms with E-state index in [1.807, 2.05) is 6.92 Å². The van der Waals surface area contributed by atoms with Gasteiger partial charge in [-0.05, 0) is 31.0 Å². The molecular formula is C15H17N3O3. The van der Waals surface area contributed by atoms with E-state index in [9.17, 15) is 9.59 Å². The quantitative estimate of drug-likeness (QED) is 0.874. The fraction of sp³-hybridized carbons (Fsp3) is 0.400. The van der Waals surface area contributed by atoms with Crippen LogP contribution in [0.1, 0.15) is 35.9 Å². The molecule has 1 aliphatic carbocycles. The molecule has 2 N–H and O–H groups in total. The predicted octanol–water partition coefficient (Wildman–Crippen LogP) is 1.58. The van der Waals surface area contributed by atoms with Crippen molar-refractivity contribution in [2.45, 2.75) is 38.8 Å². The molecule has 0 unspecified atom stereocenters. The third kappa shape index (κ3) is 2.74. The number of aromatic nitrogens is 2. The van der Waals surface area contributed by atoms with Gasteiger partial charge in [0.15, 0.2) is 0 Å². The molecule has 1 aromatic carbocycles. The molecule has 0 atom stereocenters. The fourth-order valence-electron chi connectivity index (χ4n) is 2.40. The first-order valence-corrected chi connectivity index (χ1v) is 7.10. The number of fused-ring (bicyclic) bond motifs is 1. The number of benzene rings is 1. The zero-order valence-corrected chi connectivity index (χ0v) is 11.8. The molecule has 1 fully saturated rings. The van der Waals surface area contributed by atoms with Crippen molar-refractivity contribution in [1.82, 2.24) is 14.9 Å². The summed E-state index contributed by atoms with van der Waals surface area (Å²) in [6.45, 7) is 2.15. The van der Waals surface area contributed by atoms with Gasteiger partial charge in [0, 0.05) is 12.5 Å². The van der Waals surface area contributed by atoms with Gasteiger partial charge < -0.3 is 15.0 Å². The van der Waals surface area contributed by atoms with E-state index in [2.05, 4.69) is 10.3 Å². The molecule has 1 aromatic heterocycles. The van der Waals surface area contributed by atoms with E-state index in [1.165, 1.54) is 6.07 Å². The first-order valence-electron chi connectivity index (χ1n) is 7.10. The number of nitrogens with one attached hydrogen (secondary N) is 1. The molecule has 0 aliphatic heterocycles. The van der Waals surface area contributed by atoms with E-state index in [4.69, 9.17) is 5.11 Å². The predicted molar refractivity (Wildman–Crippen MR) is 77.2 cm³/mol. The average molecular weight is 287 g/mol. The molecule has 2 aromatic rings. The molecule has 3 rings (SSSR count). The molecule has 1 aliphatic rings. The fourth-order valence-corrected chi connectivity index (χ4v) is 2.40. The lowest BCUT2D eigenvalue weighted by Gasteiger charge is -2.08. The van der Waals surface area contributed by atoms with Crippen LogP contribution in [0, 0.1) is 0 Å². The summed E-state index contributed by atoms with van der Waals surface area (Å²) < 4.78 is 1.81. The lowest BCUT2D eigenvalue weighted by atomic mass is 10.2. The Bertz CT molecular complexity index is 716. The van der Waals surface area contributed by atoms with Crippen molar-refractivity contribution in [3.05, 3.63) is 29.6 Å². The zero-order valence-electron chi connectivity index (χ0n) is 11.8. The van der Waals surface area contributed by atoms with E-state index < -0.39 is 5.97 Å². The summed E-state index contributed by atoms with van der Waals surface area (Å²) in [4.78, 5) is 27.6. The van der Waals surface area contributed by atoms with Gasteiger partial charge in [-0.1, -0.05) is 6.92 Å². The van der Waals surface area contributed by atoms with E-state index in [0.29, 0.717) is 18.0 Å². The number of imidazole rings is 1. The van der Waals surface area contributed by atoms with Crippen LogP contribution in [-0.2, 0) is 17.8 Å². The second kappa shape index (κ2) is 5.20. The lowest BCUT2D eigenvalue weighted by Crippen LogP contribution is -2.29. The third-order valence-corrected chi connectivity index (χ3v) is 3.63. The van der Waals surface area contributed by atoms with E-state index in [-0.39, 0.29) is 18.0 Å². The summed E-state index contributed by atoms with van der Waals surface area (Å²) in [6.07, 6.45) is 2.77. The molecule has 0 spiro atoms. The normalized spacial score (nSPS) is 14.3. The Hall–Kier alpha value is -2.37. The maximum atomic E-state index is 12.0. The number of hydrogen-bond donors (Lipinski definition) is 2. The standard InChI is InChI=1S/C15H17N3O3/c1-2-13-17-11-6-3-9(15(20)21)7-12(11)18(13)8-14(19)16-10-4-5-10/h3,6-7,10H,2,4-5,8H2,1H3,(H,16,19)(H,20,21). The highest BCUT2D eigenvalue weighted by molar-refractivity contribution is 5.93. The van der Waals surface area contributed by atoms with Crippen molar-refractivity contribution < 1.29 is 14.7 Å². The molecule has 110 valence electrons. The number of carboxylic acid groups (broad SMARTS) is 1. The highest BCUT2D eigenvalue weighted by Crippen LogP contribution is 2.21. The van der Waals surface area contributed by atoms with Gasteiger partial charge in [0.2, 0.25) is 5.91 Å². The zero-order chi connectivity index (χ0) is 15.0. The highest BCUT2D eigenvalue weighted by atomic mass is 16.4. The number of nitrogens with zero attached hydrogens (tertiary/aromatic N) is 2. The van der Waals surface area contributed by atoms with Crippen LogP contribution >= 0.6 is 0 Å². The van der Waals surface area contributed by atoms with Crippen LogP contribution < -0.4 is 5.32 Å². The van der Waals surface area contributed by atoms with Gasteiger partial charge in [-0.15, -0.1) is 0 Å². The van der Waals surface area contributed by atoms with Crippen LogP contribution in [0.25, 0.3) is 11.0 Å². The highest BCUT2D eigenvalue weighted by Gasteiger charge is 2.24. The number of carboxylic acids is 1. The maximum Gasteiger partial charge on any atom is 0.335 e. The topological polar surface area (TPSA) is 84.2 Å². The van der Waals surface area contributed by atoms with Crippen LogP contribution in [0.2, 0.25) is 0 Å². The minimum Gasteiger partial charge on any atom is -0.478 e. The smallest absolute Gasteiger partial charge is 0.335 e. The number of hydrogen-bond acceptors (Lipinski definition) is 3. The first-order chi connectivity index (χ1) is 10.1. The van der Waals surface area contributed by atoms with Crippen molar-refractivity contribution in [3.63, 3.8) is 0 Å². The van der Waals surface area contributed by atoms with Gasteiger partial charge in [-0.25, -0.2) is 9.78 Å². The first kappa shape index (κ1) is 13.6. The van der Waals surface area contributed by atoms with Crippen molar-refractivity contribution in [3.8, 4) is 0 Å². The van der Waals surface area contributed by atoms with Crippen LogP contribution in [0.5, 0.6) is 0 Å². The van der Waals surface area contributed by atoms with Crippen molar-refractivity contribution in [1.29, 1.82) is 0 Å². The SMILES string of the molecule is CCc1nc2ccc(C(=O)O)cc2n1CC(=O)NC1CC1. The van der Waals surface area contributed by atoms with Crippen molar-refractivity contribution in [2.24, 2.45) is 0 Å². The minimum absolute atomic E-state index is 0.0489. The Morgan fingerprint density at radius 2 is 2.19 bits per heavy atom. The third-order valence-electron chi connectivity index (χ3n) is 3.63. The van der Waals surface area contributed by atoms with Crippen molar-refractivity contribution in [2.75, 3.05) is 0 Å². The number of amides is 1. The Balaban J connectivity index is 1.98. The molecule has 6 nitrogen and oxygen atoms in total. The lowest BCUT2D eigenvalue weighted by molar-refractivity contribution is -0.121.